The van der Waals surface area contributed by atoms with E-state index in [0.717, 1.165) is 5.39 Å². The van der Waals surface area contributed by atoms with Gasteiger partial charge in [-0.25, -0.2) is 4.79 Å². The average Bonchev–Trinajstić information content (AvgIpc) is 2.34. The SMILES string of the molecule is C#CCOc1ccc2oc(=O)c(Cl)c(C)c2c1. The number of hydrogen-bond acceptors (Lipinski definition) is 3. The molecule has 0 saturated carbocycles. The molecule has 0 unspecified atom stereocenters. The molecule has 0 spiro atoms. The molecule has 86 valence electrons. The van der Waals surface area contributed by atoms with Crippen LogP contribution in [0.2, 0.25) is 5.02 Å². The molecule has 0 aliphatic carbocycles. The third-order valence-corrected chi connectivity index (χ3v) is 2.83. The molecule has 0 amide bonds. The van der Waals surface area contributed by atoms with E-state index in [1.165, 1.54) is 0 Å². The molecule has 0 fully saturated rings. The van der Waals surface area contributed by atoms with Crippen LogP contribution in [-0.4, -0.2) is 6.61 Å². The van der Waals surface area contributed by atoms with Crippen molar-refractivity contribution in [3.63, 3.8) is 0 Å². The van der Waals surface area contributed by atoms with E-state index < -0.39 is 5.63 Å². The fraction of sp³-hybridized carbons (Fsp3) is 0.154. The number of fused-ring (bicyclic) bond motifs is 1. The van der Waals surface area contributed by atoms with Gasteiger partial charge < -0.3 is 9.15 Å². The van der Waals surface area contributed by atoms with Gasteiger partial charge in [0.1, 0.15) is 23.0 Å². The van der Waals surface area contributed by atoms with Crippen LogP contribution in [0.5, 0.6) is 5.75 Å². The number of rotatable bonds is 2. The molecule has 0 aliphatic heterocycles. The largest absolute Gasteiger partial charge is 0.481 e. The van der Waals surface area contributed by atoms with Gasteiger partial charge in [-0.2, -0.15) is 0 Å². The van der Waals surface area contributed by atoms with E-state index in [4.69, 9.17) is 27.2 Å². The first kappa shape index (κ1) is 11.6. The van der Waals surface area contributed by atoms with Crippen molar-refractivity contribution in [3.05, 3.63) is 39.2 Å². The van der Waals surface area contributed by atoms with Crippen LogP contribution in [0.3, 0.4) is 0 Å². The van der Waals surface area contributed by atoms with Gasteiger partial charge in [-0.05, 0) is 30.7 Å². The van der Waals surface area contributed by atoms with Gasteiger partial charge in [0.15, 0.2) is 0 Å². The maximum absolute atomic E-state index is 11.4. The summed E-state index contributed by atoms with van der Waals surface area (Å²) in [6.45, 7) is 1.95. The topological polar surface area (TPSA) is 39.4 Å². The zero-order chi connectivity index (χ0) is 12.4. The highest BCUT2D eigenvalue weighted by molar-refractivity contribution is 6.31. The minimum Gasteiger partial charge on any atom is -0.481 e. The highest BCUT2D eigenvalue weighted by Gasteiger charge is 2.09. The molecule has 3 nitrogen and oxygen atoms in total. The molecular formula is C13H9ClO3. The highest BCUT2D eigenvalue weighted by atomic mass is 35.5. The Balaban J connectivity index is 2.61. The summed E-state index contributed by atoms with van der Waals surface area (Å²) in [5, 5.41) is 0.829. The Kier molecular flexibility index (Phi) is 3.08. The zero-order valence-electron chi connectivity index (χ0n) is 9.12. The second-order valence-corrected chi connectivity index (χ2v) is 3.86. The summed E-state index contributed by atoms with van der Waals surface area (Å²) in [6, 6.07) is 5.10. The Morgan fingerprint density at radius 2 is 2.29 bits per heavy atom. The second-order valence-electron chi connectivity index (χ2n) is 3.48. The first-order valence-electron chi connectivity index (χ1n) is 4.92. The molecule has 4 heteroatoms. The predicted octanol–water partition coefficient (Wildman–Crippen LogP) is 2.77. The number of hydrogen-bond donors (Lipinski definition) is 0. The van der Waals surface area contributed by atoms with E-state index in [2.05, 4.69) is 5.92 Å². The Hall–Kier alpha value is -1.92. The average molecular weight is 249 g/mol. The normalized spacial score (nSPS) is 10.2. The molecule has 0 N–H and O–H groups in total. The van der Waals surface area contributed by atoms with E-state index in [9.17, 15) is 4.79 Å². The third-order valence-electron chi connectivity index (χ3n) is 2.39. The van der Waals surface area contributed by atoms with Crippen LogP contribution in [0.4, 0.5) is 0 Å². The minimum absolute atomic E-state index is 0.0894. The van der Waals surface area contributed by atoms with E-state index in [1.54, 1.807) is 25.1 Å². The number of benzene rings is 1. The summed E-state index contributed by atoms with van der Waals surface area (Å²) >= 11 is 5.83. The number of terminal acetylenes is 1. The van der Waals surface area contributed by atoms with Crippen molar-refractivity contribution >= 4 is 22.6 Å². The van der Waals surface area contributed by atoms with Crippen molar-refractivity contribution in [1.82, 2.24) is 0 Å². The highest BCUT2D eigenvalue weighted by Crippen LogP contribution is 2.26. The fourth-order valence-electron chi connectivity index (χ4n) is 1.52. The van der Waals surface area contributed by atoms with Gasteiger partial charge in [0, 0.05) is 5.39 Å². The van der Waals surface area contributed by atoms with Crippen molar-refractivity contribution in [3.8, 4) is 18.1 Å². The van der Waals surface area contributed by atoms with Gasteiger partial charge in [-0.1, -0.05) is 17.5 Å². The molecule has 2 aromatic rings. The quantitative estimate of drug-likeness (QED) is 0.606. The van der Waals surface area contributed by atoms with Gasteiger partial charge in [-0.3, -0.25) is 0 Å². The summed E-state index contributed by atoms with van der Waals surface area (Å²) in [4.78, 5) is 11.4. The smallest absolute Gasteiger partial charge is 0.355 e. The van der Waals surface area contributed by atoms with E-state index in [1.807, 2.05) is 0 Å². The first-order valence-corrected chi connectivity index (χ1v) is 5.30. The summed E-state index contributed by atoms with van der Waals surface area (Å²) in [7, 11) is 0. The Morgan fingerprint density at radius 3 is 3.00 bits per heavy atom. The molecule has 0 saturated heterocycles. The van der Waals surface area contributed by atoms with Gasteiger partial charge >= 0.3 is 5.63 Å². The predicted molar refractivity (Wildman–Crippen MR) is 66.6 cm³/mol. The third kappa shape index (κ3) is 2.13. The summed E-state index contributed by atoms with van der Waals surface area (Å²) in [5.41, 5.74) is 0.614. The van der Waals surface area contributed by atoms with Crippen LogP contribution in [0.25, 0.3) is 11.0 Å². The molecule has 0 radical (unpaired) electrons. The van der Waals surface area contributed by atoms with Crippen LogP contribution < -0.4 is 10.4 Å². The van der Waals surface area contributed by atoms with Crippen molar-refractivity contribution in [2.45, 2.75) is 6.92 Å². The zero-order valence-corrected chi connectivity index (χ0v) is 9.88. The maximum Gasteiger partial charge on any atom is 0.355 e. The van der Waals surface area contributed by atoms with Crippen LogP contribution in [0.1, 0.15) is 5.56 Å². The van der Waals surface area contributed by atoms with E-state index in [-0.39, 0.29) is 11.6 Å². The standard InChI is InChI=1S/C13H9ClO3/c1-3-6-16-9-4-5-11-10(7-9)8(2)12(14)13(15)17-11/h1,4-5,7H,6H2,2H3. The van der Waals surface area contributed by atoms with E-state index >= 15 is 0 Å². The molecule has 1 heterocycles. The summed E-state index contributed by atoms with van der Waals surface area (Å²) in [6.07, 6.45) is 5.11. The molecule has 0 aliphatic rings. The van der Waals surface area contributed by atoms with Crippen molar-refractivity contribution < 1.29 is 9.15 Å². The maximum atomic E-state index is 11.4. The second kappa shape index (κ2) is 4.52. The number of aryl methyl sites for hydroxylation is 1. The monoisotopic (exact) mass is 248 g/mol. The molecule has 1 aromatic heterocycles. The molecular weight excluding hydrogens is 240 g/mol. The summed E-state index contributed by atoms with van der Waals surface area (Å²) in [5.74, 6) is 2.99. The lowest BCUT2D eigenvalue weighted by Crippen LogP contribution is -2.02. The van der Waals surface area contributed by atoms with Gasteiger partial charge in [0.05, 0.1) is 0 Å². The first-order chi connectivity index (χ1) is 8.13. The fourth-order valence-corrected chi connectivity index (χ4v) is 1.66. The van der Waals surface area contributed by atoms with Crippen LogP contribution in [-0.2, 0) is 0 Å². The number of halogens is 1. The molecule has 17 heavy (non-hydrogen) atoms. The van der Waals surface area contributed by atoms with Crippen LogP contribution >= 0.6 is 11.6 Å². The molecule has 1 aromatic carbocycles. The minimum atomic E-state index is -0.533. The van der Waals surface area contributed by atoms with Crippen molar-refractivity contribution in [2.24, 2.45) is 0 Å². The van der Waals surface area contributed by atoms with Crippen molar-refractivity contribution in [2.75, 3.05) is 6.61 Å². The van der Waals surface area contributed by atoms with Gasteiger partial charge in [0.25, 0.3) is 0 Å². The lowest BCUT2D eigenvalue weighted by Gasteiger charge is -2.06. The van der Waals surface area contributed by atoms with E-state index in [0.29, 0.717) is 16.9 Å². The Morgan fingerprint density at radius 1 is 1.53 bits per heavy atom. The Labute approximate surface area is 103 Å². The van der Waals surface area contributed by atoms with Crippen molar-refractivity contribution in [1.29, 1.82) is 0 Å². The van der Waals surface area contributed by atoms with Crippen LogP contribution in [0.15, 0.2) is 27.4 Å². The van der Waals surface area contributed by atoms with Gasteiger partial charge in [-0.15, -0.1) is 6.42 Å². The molecule has 0 atom stereocenters. The number of ether oxygens (including phenoxy) is 1. The Bertz CT molecular complexity index is 665. The molecule has 2 rings (SSSR count). The lowest BCUT2D eigenvalue weighted by molar-refractivity contribution is 0.370. The van der Waals surface area contributed by atoms with Gasteiger partial charge in [0.2, 0.25) is 0 Å². The van der Waals surface area contributed by atoms with Crippen LogP contribution in [0, 0.1) is 19.3 Å². The summed E-state index contributed by atoms with van der Waals surface area (Å²) < 4.78 is 10.3. The molecule has 0 bridgehead atoms. The lowest BCUT2D eigenvalue weighted by atomic mass is 10.1.